The molecule has 0 aliphatic heterocycles. The number of aromatic nitrogens is 1. The van der Waals surface area contributed by atoms with Gasteiger partial charge < -0.3 is 14.1 Å². The van der Waals surface area contributed by atoms with Crippen LogP contribution >= 0.6 is 0 Å². The van der Waals surface area contributed by atoms with Crippen molar-refractivity contribution < 1.29 is 18.4 Å². The maximum atomic E-state index is 14.8. The highest BCUT2D eigenvalue weighted by atomic mass is 19.1. The van der Waals surface area contributed by atoms with E-state index in [1.54, 1.807) is 31.4 Å². The van der Waals surface area contributed by atoms with E-state index in [0.717, 1.165) is 33.8 Å². The SMILES string of the molecule is COc1ccc(-c2cc(/C(C)=N/OCc3ccc(F)cc3)c(C)n2-c2ccccc2F)cc1. The van der Waals surface area contributed by atoms with E-state index in [0.29, 0.717) is 11.4 Å². The van der Waals surface area contributed by atoms with Crippen molar-refractivity contribution in [3.05, 3.63) is 107 Å². The molecule has 4 nitrogen and oxygen atoms in total. The lowest BCUT2D eigenvalue weighted by atomic mass is 10.1. The number of hydrogen-bond donors (Lipinski definition) is 0. The predicted molar refractivity (Wildman–Crippen MR) is 126 cm³/mol. The van der Waals surface area contributed by atoms with E-state index in [9.17, 15) is 8.78 Å². The minimum Gasteiger partial charge on any atom is -0.497 e. The third-order valence-electron chi connectivity index (χ3n) is 5.46. The minimum atomic E-state index is -0.320. The lowest BCUT2D eigenvalue weighted by molar-refractivity contribution is 0.130. The quantitative estimate of drug-likeness (QED) is 0.234. The van der Waals surface area contributed by atoms with Gasteiger partial charge in [-0.15, -0.1) is 0 Å². The van der Waals surface area contributed by atoms with Crippen LogP contribution in [0.15, 0.2) is 84.0 Å². The molecule has 0 radical (unpaired) electrons. The maximum absolute atomic E-state index is 14.8. The average molecular weight is 446 g/mol. The summed E-state index contributed by atoms with van der Waals surface area (Å²) < 4.78 is 35.0. The summed E-state index contributed by atoms with van der Waals surface area (Å²) in [5.41, 5.74) is 5.32. The fourth-order valence-corrected chi connectivity index (χ4v) is 3.72. The molecular formula is C27H24F2N2O2. The Balaban J connectivity index is 1.72. The van der Waals surface area contributed by atoms with E-state index in [-0.39, 0.29) is 18.2 Å². The molecule has 33 heavy (non-hydrogen) atoms. The third-order valence-corrected chi connectivity index (χ3v) is 5.46. The van der Waals surface area contributed by atoms with Gasteiger partial charge in [-0.1, -0.05) is 29.4 Å². The van der Waals surface area contributed by atoms with Gasteiger partial charge in [-0.3, -0.25) is 0 Å². The summed E-state index contributed by atoms with van der Waals surface area (Å²) in [5.74, 6) is 0.126. The summed E-state index contributed by atoms with van der Waals surface area (Å²) in [6, 6.07) is 22.3. The predicted octanol–water partition coefficient (Wildman–Crippen LogP) is 6.68. The molecule has 0 atom stereocenters. The van der Waals surface area contributed by atoms with Gasteiger partial charge in [-0.25, -0.2) is 8.78 Å². The first kappa shape index (κ1) is 22.3. The van der Waals surface area contributed by atoms with Gasteiger partial charge in [0.1, 0.15) is 24.0 Å². The largest absolute Gasteiger partial charge is 0.497 e. The molecule has 0 aliphatic carbocycles. The van der Waals surface area contributed by atoms with Crippen molar-refractivity contribution in [2.45, 2.75) is 20.5 Å². The second-order valence-corrected chi connectivity index (χ2v) is 7.62. The van der Waals surface area contributed by atoms with Crippen molar-refractivity contribution in [1.82, 2.24) is 4.57 Å². The molecule has 0 unspecified atom stereocenters. The van der Waals surface area contributed by atoms with Crippen LogP contribution < -0.4 is 4.74 Å². The fourth-order valence-electron chi connectivity index (χ4n) is 3.72. The molecule has 4 aromatic rings. The van der Waals surface area contributed by atoms with Crippen LogP contribution in [-0.4, -0.2) is 17.4 Å². The Morgan fingerprint density at radius 2 is 1.64 bits per heavy atom. The first-order valence-electron chi connectivity index (χ1n) is 10.5. The molecule has 4 rings (SSSR count). The highest BCUT2D eigenvalue weighted by Gasteiger charge is 2.19. The molecule has 0 aliphatic rings. The highest BCUT2D eigenvalue weighted by molar-refractivity contribution is 6.01. The normalized spacial score (nSPS) is 11.5. The lowest BCUT2D eigenvalue weighted by Gasteiger charge is -2.13. The molecule has 1 aromatic heterocycles. The van der Waals surface area contributed by atoms with Gasteiger partial charge in [0.2, 0.25) is 0 Å². The molecule has 0 bridgehead atoms. The lowest BCUT2D eigenvalue weighted by Crippen LogP contribution is -2.04. The number of rotatable bonds is 7. The Hall–Kier alpha value is -3.93. The van der Waals surface area contributed by atoms with Crippen molar-refractivity contribution >= 4 is 5.71 Å². The Kier molecular flexibility index (Phi) is 6.54. The van der Waals surface area contributed by atoms with Gasteiger partial charge in [0.05, 0.1) is 24.2 Å². The fraction of sp³-hybridized carbons (Fsp3) is 0.148. The Morgan fingerprint density at radius 3 is 2.30 bits per heavy atom. The van der Waals surface area contributed by atoms with Gasteiger partial charge >= 0.3 is 0 Å². The number of hydrogen-bond acceptors (Lipinski definition) is 3. The number of para-hydroxylation sites is 1. The van der Waals surface area contributed by atoms with Crippen LogP contribution in [0.25, 0.3) is 16.9 Å². The number of ether oxygens (including phenoxy) is 1. The Labute approximate surface area is 191 Å². The molecule has 6 heteroatoms. The van der Waals surface area contributed by atoms with E-state index in [1.807, 2.05) is 54.8 Å². The van der Waals surface area contributed by atoms with Crippen LogP contribution in [0.4, 0.5) is 8.78 Å². The highest BCUT2D eigenvalue weighted by Crippen LogP contribution is 2.32. The Bertz CT molecular complexity index is 1280. The van der Waals surface area contributed by atoms with Gasteiger partial charge in [0.15, 0.2) is 0 Å². The smallest absolute Gasteiger partial charge is 0.147 e. The van der Waals surface area contributed by atoms with Crippen molar-refractivity contribution in [2.75, 3.05) is 7.11 Å². The second-order valence-electron chi connectivity index (χ2n) is 7.62. The van der Waals surface area contributed by atoms with Crippen LogP contribution in [0.1, 0.15) is 23.7 Å². The Morgan fingerprint density at radius 1 is 0.939 bits per heavy atom. The number of nitrogens with zero attached hydrogens (tertiary/aromatic N) is 2. The van der Waals surface area contributed by atoms with E-state index < -0.39 is 0 Å². The molecule has 0 spiro atoms. The molecule has 1 heterocycles. The average Bonchev–Trinajstić information content (AvgIpc) is 3.17. The van der Waals surface area contributed by atoms with Crippen molar-refractivity contribution in [1.29, 1.82) is 0 Å². The number of oxime groups is 1. The summed E-state index contributed by atoms with van der Waals surface area (Å²) in [6.07, 6.45) is 0. The van der Waals surface area contributed by atoms with Gasteiger partial charge in [-0.2, -0.15) is 0 Å². The van der Waals surface area contributed by atoms with Crippen molar-refractivity contribution in [2.24, 2.45) is 5.16 Å². The summed E-state index contributed by atoms with van der Waals surface area (Å²) in [6.45, 7) is 3.99. The number of halogens is 2. The van der Waals surface area contributed by atoms with Crippen molar-refractivity contribution in [3.8, 4) is 22.7 Å². The molecule has 0 saturated carbocycles. The molecule has 0 saturated heterocycles. The standard InChI is InChI=1S/C27H24F2N2O2/c1-18(30-33-17-20-8-12-22(28)13-9-20)24-16-27(21-10-14-23(32-3)15-11-21)31(19(24)2)26-7-5-4-6-25(26)29/h4-16H,17H2,1-3H3/b30-18+. The zero-order chi connectivity index (χ0) is 23.4. The first-order chi connectivity index (χ1) is 16.0. The molecular weight excluding hydrogens is 422 g/mol. The van der Waals surface area contributed by atoms with E-state index >= 15 is 0 Å². The second kappa shape index (κ2) is 9.69. The van der Waals surface area contributed by atoms with Crippen LogP contribution in [0.3, 0.4) is 0 Å². The first-order valence-corrected chi connectivity index (χ1v) is 10.5. The van der Waals surface area contributed by atoms with E-state index in [1.165, 1.54) is 18.2 Å². The van der Waals surface area contributed by atoms with Gasteiger partial charge in [-0.05, 0) is 79.6 Å². The summed E-state index contributed by atoms with van der Waals surface area (Å²) in [4.78, 5) is 5.51. The summed E-state index contributed by atoms with van der Waals surface area (Å²) >= 11 is 0. The summed E-state index contributed by atoms with van der Waals surface area (Å²) in [5, 5.41) is 4.26. The minimum absolute atomic E-state index is 0.218. The molecule has 3 aromatic carbocycles. The van der Waals surface area contributed by atoms with E-state index in [4.69, 9.17) is 9.57 Å². The van der Waals surface area contributed by atoms with Crippen LogP contribution in [0.5, 0.6) is 5.75 Å². The molecule has 0 amide bonds. The van der Waals surface area contributed by atoms with Gasteiger partial charge in [0.25, 0.3) is 0 Å². The van der Waals surface area contributed by atoms with Crippen molar-refractivity contribution in [3.63, 3.8) is 0 Å². The topological polar surface area (TPSA) is 35.8 Å². The molecule has 0 N–H and O–H groups in total. The maximum Gasteiger partial charge on any atom is 0.147 e. The van der Waals surface area contributed by atoms with Crippen LogP contribution in [0.2, 0.25) is 0 Å². The monoisotopic (exact) mass is 446 g/mol. The van der Waals surface area contributed by atoms with Crippen LogP contribution in [-0.2, 0) is 11.4 Å². The molecule has 168 valence electrons. The van der Waals surface area contributed by atoms with Gasteiger partial charge in [0, 0.05) is 11.3 Å². The third kappa shape index (κ3) is 4.80. The zero-order valence-corrected chi connectivity index (χ0v) is 18.7. The van der Waals surface area contributed by atoms with Crippen LogP contribution in [0, 0.1) is 18.6 Å². The molecule has 0 fully saturated rings. The van der Waals surface area contributed by atoms with E-state index in [2.05, 4.69) is 5.16 Å². The zero-order valence-electron chi connectivity index (χ0n) is 18.7. The number of benzene rings is 3. The summed E-state index contributed by atoms with van der Waals surface area (Å²) in [7, 11) is 1.62. The number of methoxy groups -OCH3 is 1.